The lowest BCUT2D eigenvalue weighted by atomic mass is 10.1. The molecule has 0 aromatic heterocycles. The normalized spacial score (nSPS) is 12.1. The van der Waals surface area contributed by atoms with Gasteiger partial charge in [-0.25, -0.2) is 0 Å². The molecular formula is C16H25NO3. The molecule has 0 saturated heterocycles. The molecule has 1 rings (SSSR count). The third kappa shape index (κ3) is 5.51. The van der Waals surface area contributed by atoms with Crippen LogP contribution < -0.4 is 14.8 Å². The Balaban J connectivity index is 2.54. The monoisotopic (exact) mass is 279 g/mol. The van der Waals surface area contributed by atoms with Gasteiger partial charge in [0.2, 0.25) is 0 Å². The minimum atomic E-state index is -0.464. The first-order chi connectivity index (χ1) is 9.56. The summed E-state index contributed by atoms with van der Waals surface area (Å²) >= 11 is 0. The molecule has 0 heterocycles. The van der Waals surface area contributed by atoms with Crippen LogP contribution in [-0.4, -0.2) is 25.7 Å². The Kier molecular flexibility index (Phi) is 6.91. The number of amides is 1. The van der Waals surface area contributed by atoms with Gasteiger partial charge in [-0.1, -0.05) is 26.8 Å². The van der Waals surface area contributed by atoms with Crippen LogP contribution in [0, 0.1) is 5.92 Å². The predicted molar refractivity (Wildman–Crippen MR) is 80.2 cm³/mol. The quantitative estimate of drug-likeness (QED) is 0.795. The van der Waals surface area contributed by atoms with E-state index in [4.69, 9.17) is 9.47 Å². The van der Waals surface area contributed by atoms with Crippen LogP contribution in [0.5, 0.6) is 11.5 Å². The van der Waals surface area contributed by atoms with Crippen LogP contribution in [0.3, 0.4) is 0 Å². The molecule has 0 aliphatic carbocycles. The van der Waals surface area contributed by atoms with Gasteiger partial charge in [0.1, 0.15) is 11.5 Å². The van der Waals surface area contributed by atoms with Gasteiger partial charge in [0, 0.05) is 12.6 Å². The summed E-state index contributed by atoms with van der Waals surface area (Å²) in [7, 11) is 1.61. The molecule has 0 aliphatic rings. The van der Waals surface area contributed by atoms with Crippen molar-refractivity contribution in [1.29, 1.82) is 0 Å². The van der Waals surface area contributed by atoms with E-state index < -0.39 is 6.10 Å². The van der Waals surface area contributed by atoms with Crippen molar-refractivity contribution in [3.05, 3.63) is 24.3 Å². The molecule has 20 heavy (non-hydrogen) atoms. The Bertz CT molecular complexity index is 418. The molecule has 1 atom stereocenters. The molecule has 4 heteroatoms. The Hall–Kier alpha value is -1.71. The van der Waals surface area contributed by atoms with Crippen LogP contribution in [0.2, 0.25) is 0 Å². The predicted octanol–water partition coefficient (Wildman–Crippen LogP) is 3.01. The van der Waals surface area contributed by atoms with Crippen molar-refractivity contribution in [3.8, 4) is 11.5 Å². The summed E-state index contributed by atoms with van der Waals surface area (Å²) in [6.07, 6.45) is 1.14. The highest BCUT2D eigenvalue weighted by atomic mass is 16.5. The molecule has 0 radical (unpaired) electrons. The second-order valence-electron chi connectivity index (χ2n) is 5.17. The minimum Gasteiger partial charge on any atom is -0.497 e. The van der Waals surface area contributed by atoms with E-state index in [0.29, 0.717) is 24.6 Å². The van der Waals surface area contributed by atoms with E-state index >= 15 is 0 Å². The molecular weight excluding hydrogens is 254 g/mol. The maximum atomic E-state index is 12.0. The summed E-state index contributed by atoms with van der Waals surface area (Å²) in [5, 5.41) is 2.92. The van der Waals surface area contributed by atoms with Crippen molar-refractivity contribution in [2.45, 2.75) is 39.7 Å². The number of carbonyl (C=O) groups is 1. The summed E-state index contributed by atoms with van der Waals surface area (Å²) < 4.78 is 10.9. The third-order valence-electron chi connectivity index (χ3n) is 3.00. The lowest BCUT2D eigenvalue weighted by Crippen LogP contribution is -2.38. The van der Waals surface area contributed by atoms with Gasteiger partial charge < -0.3 is 14.8 Å². The maximum Gasteiger partial charge on any atom is 0.261 e. The second-order valence-corrected chi connectivity index (χ2v) is 5.17. The third-order valence-corrected chi connectivity index (χ3v) is 3.00. The smallest absolute Gasteiger partial charge is 0.261 e. The van der Waals surface area contributed by atoms with Crippen LogP contribution in [0.1, 0.15) is 33.6 Å². The van der Waals surface area contributed by atoms with E-state index in [1.807, 2.05) is 25.1 Å². The molecule has 4 nitrogen and oxygen atoms in total. The Morgan fingerprint density at radius 3 is 2.60 bits per heavy atom. The fraction of sp³-hybridized carbons (Fsp3) is 0.562. The number of nitrogens with one attached hydrogen (secondary N) is 1. The van der Waals surface area contributed by atoms with Crippen molar-refractivity contribution in [2.75, 3.05) is 13.7 Å². The molecule has 1 amide bonds. The Morgan fingerprint density at radius 1 is 1.30 bits per heavy atom. The second kappa shape index (κ2) is 8.46. The Morgan fingerprint density at radius 2 is 2.00 bits per heavy atom. The first-order valence-electron chi connectivity index (χ1n) is 7.15. The largest absolute Gasteiger partial charge is 0.497 e. The molecule has 112 valence electrons. The number of ether oxygens (including phenoxy) is 2. The molecule has 0 fully saturated rings. The standard InChI is InChI=1S/C16H25NO3/c1-5-15(16(18)17-10-9-12(2)3)20-14-8-6-7-13(11-14)19-4/h6-8,11-12,15H,5,9-10H2,1-4H3,(H,17,18)/t15-/m0/s1. The summed E-state index contributed by atoms with van der Waals surface area (Å²) in [4.78, 5) is 12.0. The Labute approximate surface area is 121 Å². The number of carbonyl (C=O) groups excluding carboxylic acids is 1. The lowest BCUT2D eigenvalue weighted by molar-refractivity contribution is -0.128. The minimum absolute atomic E-state index is 0.0593. The van der Waals surface area contributed by atoms with Crippen molar-refractivity contribution in [3.63, 3.8) is 0 Å². The van der Waals surface area contributed by atoms with Gasteiger partial charge in [-0.15, -0.1) is 0 Å². The van der Waals surface area contributed by atoms with Gasteiger partial charge in [-0.05, 0) is 30.9 Å². The highest BCUT2D eigenvalue weighted by Gasteiger charge is 2.18. The molecule has 0 aliphatic heterocycles. The fourth-order valence-corrected chi connectivity index (χ4v) is 1.76. The average Bonchev–Trinajstić information content (AvgIpc) is 2.44. The van der Waals surface area contributed by atoms with Crippen LogP contribution in [0.4, 0.5) is 0 Å². The van der Waals surface area contributed by atoms with E-state index in [9.17, 15) is 4.79 Å². The first kappa shape index (κ1) is 16.3. The van der Waals surface area contributed by atoms with Crippen LogP contribution in [-0.2, 0) is 4.79 Å². The van der Waals surface area contributed by atoms with Gasteiger partial charge in [0.05, 0.1) is 7.11 Å². The molecule has 1 aromatic carbocycles. The molecule has 0 spiro atoms. The number of benzene rings is 1. The number of rotatable bonds is 8. The SMILES string of the molecule is CC[C@H](Oc1cccc(OC)c1)C(=O)NCCC(C)C. The first-order valence-corrected chi connectivity index (χ1v) is 7.15. The van der Waals surface area contributed by atoms with Crippen molar-refractivity contribution >= 4 is 5.91 Å². The van der Waals surface area contributed by atoms with E-state index in [1.54, 1.807) is 13.2 Å². The number of hydrogen-bond donors (Lipinski definition) is 1. The summed E-state index contributed by atoms with van der Waals surface area (Å²) in [5.74, 6) is 1.89. The van der Waals surface area contributed by atoms with Crippen molar-refractivity contribution in [1.82, 2.24) is 5.32 Å². The molecule has 0 saturated carbocycles. The van der Waals surface area contributed by atoms with Gasteiger partial charge in [0.15, 0.2) is 6.10 Å². The van der Waals surface area contributed by atoms with Gasteiger partial charge in [-0.2, -0.15) is 0 Å². The van der Waals surface area contributed by atoms with Crippen LogP contribution in [0.25, 0.3) is 0 Å². The zero-order valence-corrected chi connectivity index (χ0v) is 12.8. The molecule has 0 bridgehead atoms. The molecule has 1 aromatic rings. The highest BCUT2D eigenvalue weighted by molar-refractivity contribution is 5.81. The van der Waals surface area contributed by atoms with Gasteiger partial charge >= 0.3 is 0 Å². The van der Waals surface area contributed by atoms with Gasteiger partial charge in [0.25, 0.3) is 5.91 Å². The molecule has 1 N–H and O–H groups in total. The highest BCUT2D eigenvalue weighted by Crippen LogP contribution is 2.20. The molecule has 0 unspecified atom stereocenters. The summed E-state index contributed by atoms with van der Waals surface area (Å²) in [6.45, 7) is 6.90. The van der Waals surface area contributed by atoms with E-state index in [2.05, 4.69) is 19.2 Å². The fourth-order valence-electron chi connectivity index (χ4n) is 1.76. The average molecular weight is 279 g/mol. The van der Waals surface area contributed by atoms with E-state index in [-0.39, 0.29) is 5.91 Å². The van der Waals surface area contributed by atoms with Crippen molar-refractivity contribution < 1.29 is 14.3 Å². The van der Waals surface area contributed by atoms with Crippen LogP contribution in [0.15, 0.2) is 24.3 Å². The lowest BCUT2D eigenvalue weighted by Gasteiger charge is -2.18. The zero-order chi connectivity index (χ0) is 15.0. The number of hydrogen-bond acceptors (Lipinski definition) is 3. The van der Waals surface area contributed by atoms with Gasteiger partial charge in [-0.3, -0.25) is 4.79 Å². The number of methoxy groups -OCH3 is 1. The van der Waals surface area contributed by atoms with Crippen LogP contribution >= 0.6 is 0 Å². The summed E-state index contributed by atoms with van der Waals surface area (Å²) in [5.41, 5.74) is 0. The summed E-state index contributed by atoms with van der Waals surface area (Å²) in [6, 6.07) is 7.30. The van der Waals surface area contributed by atoms with E-state index in [0.717, 1.165) is 12.2 Å². The maximum absolute atomic E-state index is 12.0. The van der Waals surface area contributed by atoms with E-state index in [1.165, 1.54) is 0 Å². The topological polar surface area (TPSA) is 47.6 Å². The zero-order valence-electron chi connectivity index (χ0n) is 12.8. The van der Waals surface area contributed by atoms with Crippen molar-refractivity contribution in [2.24, 2.45) is 5.92 Å².